The van der Waals surface area contributed by atoms with E-state index >= 15 is 0 Å². The number of carbonyl (C=O) groups is 2. The molecule has 2 aliphatic rings. The Hall–Kier alpha value is -1.89. The molecule has 2 amide bonds. The summed E-state index contributed by atoms with van der Waals surface area (Å²) in [6.45, 7) is 11.4. The Labute approximate surface area is 212 Å². The number of nitrogens with zero attached hydrogens (tertiary/aromatic N) is 1. The van der Waals surface area contributed by atoms with Crippen LogP contribution in [0.2, 0.25) is 5.02 Å². The van der Waals surface area contributed by atoms with E-state index in [0.29, 0.717) is 33.7 Å². The molecule has 0 unspecified atom stereocenters. The third-order valence-electron chi connectivity index (χ3n) is 7.32. The van der Waals surface area contributed by atoms with Gasteiger partial charge in [-0.05, 0) is 92.3 Å². The molecule has 2 aromatic rings. The van der Waals surface area contributed by atoms with Crippen LogP contribution in [0.4, 0.5) is 10.7 Å². The van der Waals surface area contributed by atoms with Crippen molar-refractivity contribution in [3.63, 3.8) is 0 Å². The van der Waals surface area contributed by atoms with Crippen molar-refractivity contribution >= 4 is 45.4 Å². The number of piperidine rings is 1. The highest BCUT2D eigenvalue weighted by Crippen LogP contribution is 2.44. The van der Waals surface area contributed by atoms with E-state index in [1.165, 1.54) is 4.88 Å². The third kappa shape index (κ3) is 6.02. The first-order chi connectivity index (χ1) is 16.1. The maximum atomic E-state index is 13.4. The van der Waals surface area contributed by atoms with Crippen LogP contribution >= 0.6 is 22.9 Å². The van der Waals surface area contributed by atoms with Gasteiger partial charge in [0.15, 0.2) is 0 Å². The number of hydrogen-bond donors (Lipinski definition) is 2. The van der Waals surface area contributed by atoms with Crippen molar-refractivity contribution in [3.05, 3.63) is 45.3 Å². The van der Waals surface area contributed by atoms with Crippen molar-refractivity contribution in [2.24, 2.45) is 17.3 Å². The minimum Gasteiger partial charge on any atom is -0.322 e. The van der Waals surface area contributed by atoms with Gasteiger partial charge in [0.25, 0.3) is 5.91 Å². The normalized spacial score (nSPS) is 19.5. The summed E-state index contributed by atoms with van der Waals surface area (Å²) >= 11 is 7.58. The molecule has 1 aliphatic carbocycles. The molecule has 1 saturated heterocycles. The molecule has 1 aliphatic heterocycles. The topological polar surface area (TPSA) is 61.4 Å². The number of anilines is 2. The van der Waals surface area contributed by atoms with Crippen molar-refractivity contribution in [2.75, 3.05) is 30.3 Å². The van der Waals surface area contributed by atoms with E-state index in [2.05, 4.69) is 43.2 Å². The lowest BCUT2D eigenvalue weighted by Crippen LogP contribution is -2.38. The summed E-state index contributed by atoms with van der Waals surface area (Å²) in [5.41, 5.74) is 2.63. The van der Waals surface area contributed by atoms with Gasteiger partial charge in [-0.3, -0.25) is 14.5 Å². The Kier molecular flexibility index (Phi) is 7.70. The number of benzene rings is 1. The number of halogens is 1. The summed E-state index contributed by atoms with van der Waals surface area (Å²) in [6, 6.07) is 7.11. The smallest absolute Gasteiger partial charge is 0.258 e. The van der Waals surface area contributed by atoms with E-state index in [-0.39, 0.29) is 17.2 Å². The highest BCUT2D eigenvalue weighted by Gasteiger charge is 2.34. The Morgan fingerprint density at radius 3 is 2.41 bits per heavy atom. The highest BCUT2D eigenvalue weighted by molar-refractivity contribution is 7.17. The van der Waals surface area contributed by atoms with Gasteiger partial charge in [0, 0.05) is 15.6 Å². The first-order valence-corrected chi connectivity index (χ1v) is 13.5. The van der Waals surface area contributed by atoms with Crippen LogP contribution in [-0.4, -0.2) is 36.3 Å². The van der Waals surface area contributed by atoms with Gasteiger partial charge in [-0.15, -0.1) is 11.3 Å². The number of hydrogen-bond acceptors (Lipinski definition) is 4. The zero-order valence-electron chi connectivity index (χ0n) is 20.7. The summed E-state index contributed by atoms with van der Waals surface area (Å²) in [7, 11) is 0. The van der Waals surface area contributed by atoms with Crippen LogP contribution in [0.1, 0.15) is 67.8 Å². The second-order valence-electron chi connectivity index (χ2n) is 11.0. The molecule has 0 spiro atoms. The number of nitrogens with one attached hydrogen (secondary N) is 2. The quantitative estimate of drug-likeness (QED) is 0.493. The first kappa shape index (κ1) is 25.2. The number of thiophene rings is 1. The lowest BCUT2D eigenvalue weighted by atomic mass is 9.72. The Morgan fingerprint density at radius 2 is 1.76 bits per heavy atom. The number of likely N-dealkylation sites (tertiary alicyclic amines) is 1. The molecular weight excluding hydrogens is 466 g/mol. The van der Waals surface area contributed by atoms with Gasteiger partial charge >= 0.3 is 0 Å². The van der Waals surface area contributed by atoms with Crippen LogP contribution in [0, 0.1) is 17.3 Å². The Balaban J connectivity index is 1.56. The molecule has 1 aromatic carbocycles. The lowest BCUT2D eigenvalue weighted by Gasteiger charge is -2.33. The summed E-state index contributed by atoms with van der Waals surface area (Å²) in [4.78, 5) is 29.9. The summed E-state index contributed by atoms with van der Waals surface area (Å²) < 4.78 is 0. The Morgan fingerprint density at radius 1 is 1.09 bits per heavy atom. The van der Waals surface area contributed by atoms with Gasteiger partial charge in [0.2, 0.25) is 5.91 Å². The van der Waals surface area contributed by atoms with Crippen LogP contribution in [0.15, 0.2) is 24.3 Å². The fourth-order valence-corrected chi connectivity index (χ4v) is 6.44. The standard InChI is InChI=1S/C27H36ClN3O2S/c1-17-11-13-31(14-12-17)16-23(32)30-26-24(25(33)29-20-8-6-19(28)7-9-20)21-10-5-18(27(2,3)4)15-22(21)34-26/h6-9,17-18H,5,10-16H2,1-4H3,(H,29,33)(H,30,32)/t18-/m1/s1. The fourth-order valence-electron chi connectivity index (χ4n) is 4.97. The number of amides is 2. The molecule has 2 heterocycles. The van der Waals surface area contributed by atoms with Gasteiger partial charge < -0.3 is 10.6 Å². The number of rotatable bonds is 5. The van der Waals surface area contributed by atoms with E-state index in [4.69, 9.17) is 11.6 Å². The second-order valence-corrected chi connectivity index (χ2v) is 12.5. The van der Waals surface area contributed by atoms with E-state index in [1.807, 2.05) is 0 Å². The van der Waals surface area contributed by atoms with Gasteiger partial charge in [0.05, 0.1) is 12.1 Å². The average molecular weight is 502 g/mol. The van der Waals surface area contributed by atoms with Crippen LogP contribution in [0.3, 0.4) is 0 Å². The zero-order chi connectivity index (χ0) is 24.5. The minimum absolute atomic E-state index is 0.0407. The molecule has 0 radical (unpaired) electrons. The monoisotopic (exact) mass is 501 g/mol. The Bertz CT molecular complexity index is 1030. The molecule has 1 aromatic heterocycles. The molecule has 4 rings (SSSR count). The molecule has 34 heavy (non-hydrogen) atoms. The highest BCUT2D eigenvalue weighted by atomic mass is 35.5. The molecule has 5 nitrogen and oxygen atoms in total. The lowest BCUT2D eigenvalue weighted by molar-refractivity contribution is -0.117. The summed E-state index contributed by atoms with van der Waals surface area (Å²) in [5, 5.41) is 7.43. The van der Waals surface area contributed by atoms with Crippen LogP contribution < -0.4 is 10.6 Å². The SMILES string of the molecule is CC1CCN(CC(=O)Nc2sc3c(c2C(=O)Nc2ccc(Cl)cc2)CC[C@@H](C(C)(C)C)C3)CC1. The van der Waals surface area contributed by atoms with Gasteiger partial charge in [-0.1, -0.05) is 39.3 Å². The molecule has 184 valence electrons. The maximum Gasteiger partial charge on any atom is 0.258 e. The molecule has 7 heteroatoms. The molecule has 1 atom stereocenters. The van der Waals surface area contributed by atoms with E-state index in [1.54, 1.807) is 35.6 Å². The molecule has 0 bridgehead atoms. The van der Waals surface area contributed by atoms with Crippen LogP contribution in [0.5, 0.6) is 0 Å². The minimum atomic E-state index is -0.170. The predicted octanol–water partition coefficient (Wildman–Crippen LogP) is 6.48. The van der Waals surface area contributed by atoms with Gasteiger partial charge in [-0.2, -0.15) is 0 Å². The number of fused-ring (bicyclic) bond motifs is 1. The van der Waals surface area contributed by atoms with Crippen LogP contribution in [0.25, 0.3) is 0 Å². The second kappa shape index (κ2) is 10.4. The van der Waals surface area contributed by atoms with E-state index in [9.17, 15) is 9.59 Å². The third-order valence-corrected chi connectivity index (χ3v) is 8.74. The fraction of sp³-hybridized carbons (Fsp3) is 0.556. The largest absolute Gasteiger partial charge is 0.322 e. The van der Waals surface area contributed by atoms with Gasteiger partial charge in [-0.25, -0.2) is 0 Å². The first-order valence-electron chi connectivity index (χ1n) is 12.3. The van der Waals surface area contributed by atoms with E-state index in [0.717, 1.165) is 56.7 Å². The molecule has 2 N–H and O–H groups in total. The average Bonchev–Trinajstić information content (AvgIpc) is 3.13. The van der Waals surface area contributed by atoms with Crippen LogP contribution in [-0.2, 0) is 17.6 Å². The predicted molar refractivity (Wildman–Crippen MR) is 142 cm³/mol. The molecular formula is C27H36ClN3O2S. The van der Waals surface area contributed by atoms with Crippen molar-refractivity contribution in [1.29, 1.82) is 0 Å². The molecule has 0 saturated carbocycles. The van der Waals surface area contributed by atoms with Crippen molar-refractivity contribution in [2.45, 2.75) is 59.8 Å². The summed E-state index contributed by atoms with van der Waals surface area (Å²) in [5.74, 6) is 1.07. The van der Waals surface area contributed by atoms with Crippen molar-refractivity contribution in [3.8, 4) is 0 Å². The van der Waals surface area contributed by atoms with Crippen molar-refractivity contribution < 1.29 is 9.59 Å². The number of carbonyl (C=O) groups excluding carboxylic acids is 2. The van der Waals surface area contributed by atoms with Gasteiger partial charge in [0.1, 0.15) is 5.00 Å². The van der Waals surface area contributed by atoms with E-state index < -0.39 is 0 Å². The summed E-state index contributed by atoms with van der Waals surface area (Å²) in [6.07, 6.45) is 5.11. The molecule has 1 fully saturated rings. The zero-order valence-corrected chi connectivity index (χ0v) is 22.2. The maximum absolute atomic E-state index is 13.4. The van der Waals surface area contributed by atoms with Crippen molar-refractivity contribution in [1.82, 2.24) is 4.90 Å².